The second-order valence-corrected chi connectivity index (χ2v) is 7.78. The Balaban J connectivity index is 1.88. The van der Waals surface area contributed by atoms with Crippen LogP contribution in [0.1, 0.15) is 30.8 Å². The SMILES string of the molecule is CC(C)C(=O)N1CCN(C(=O)c2ccccn2)C[C@]2(CC(=O)N(C)C2)C1. The minimum absolute atomic E-state index is 0.0640. The standard InChI is InChI=1S/C19H26N4O3/c1-14(2)17(25)22-8-9-23(18(26)15-6-4-5-7-20-15)13-19(12-22)10-16(24)21(3)11-19/h4-7,14H,8-13H2,1-3H3/t19-/m0/s1. The van der Waals surface area contributed by atoms with E-state index in [0.717, 1.165) is 0 Å². The summed E-state index contributed by atoms with van der Waals surface area (Å²) in [5, 5.41) is 0. The number of rotatable bonds is 2. The fourth-order valence-electron chi connectivity index (χ4n) is 3.95. The van der Waals surface area contributed by atoms with E-state index < -0.39 is 5.41 Å². The van der Waals surface area contributed by atoms with Crippen molar-refractivity contribution in [3.63, 3.8) is 0 Å². The van der Waals surface area contributed by atoms with Gasteiger partial charge in [0.15, 0.2) is 0 Å². The zero-order valence-electron chi connectivity index (χ0n) is 15.6. The van der Waals surface area contributed by atoms with Crippen LogP contribution in [-0.2, 0) is 9.59 Å². The van der Waals surface area contributed by atoms with Crippen molar-refractivity contribution in [1.29, 1.82) is 0 Å². The van der Waals surface area contributed by atoms with Crippen LogP contribution in [0, 0.1) is 11.3 Å². The molecule has 26 heavy (non-hydrogen) atoms. The van der Waals surface area contributed by atoms with Gasteiger partial charge < -0.3 is 14.7 Å². The predicted molar refractivity (Wildman–Crippen MR) is 96.2 cm³/mol. The Morgan fingerprint density at radius 1 is 1.12 bits per heavy atom. The monoisotopic (exact) mass is 358 g/mol. The van der Waals surface area contributed by atoms with E-state index in [-0.39, 0.29) is 23.6 Å². The molecule has 0 aromatic carbocycles. The maximum absolute atomic E-state index is 12.9. The van der Waals surface area contributed by atoms with E-state index >= 15 is 0 Å². The second-order valence-electron chi connectivity index (χ2n) is 7.78. The Kier molecular flexibility index (Phi) is 4.98. The molecule has 140 valence electrons. The van der Waals surface area contributed by atoms with Gasteiger partial charge in [-0.2, -0.15) is 0 Å². The Morgan fingerprint density at radius 3 is 2.38 bits per heavy atom. The molecule has 3 heterocycles. The molecule has 2 aliphatic heterocycles. The first kappa shape index (κ1) is 18.4. The summed E-state index contributed by atoms with van der Waals surface area (Å²) < 4.78 is 0. The van der Waals surface area contributed by atoms with Crippen molar-refractivity contribution in [1.82, 2.24) is 19.7 Å². The number of carbonyl (C=O) groups is 3. The molecule has 3 rings (SSSR count). The normalized spacial score (nSPS) is 23.7. The highest BCUT2D eigenvalue weighted by Crippen LogP contribution is 2.35. The number of aromatic nitrogens is 1. The van der Waals surface area contributed by atoms with Gasteiger partial charge in [0.05, 0.1) is 0 Å². The number of carbonyl (C=O) groups excluding carboxylic acids is 3. The lowest BCUT2D eigenvalue weighted by Gasteiger charge is -2.33. The number of likely N-dealkylation sites (tertiary alicyclic amines) is 1. The van der Waals surface area contributed by atoms with Crippen molar-refractivity contribution in [3.8, 4) is 0 Å². The summed E-state index contributed by atoms with van der Waals surface area (Å²) in [4.78, 5) is 47.2. The number of hydrogen-bond acceptors (Lipinski definition) is 4. The average molecular weight is 358 g/mol. The highest BCUT2D eigenvalue weighted by atomic mass is 16.2. The van der Waals surface area contributed by atoms with Crippen LogP contribution in [0.5, 0.6) is 0 Å². The van der Waals surface area contributed by atoms with E-state index in [2.05, 4.69) is 4.98 Å². The van der Waals surface area contributed by atoms with Crippen LogP contribution < -0.4 is 0 Å². The van der Waals surface area contributed by atoms with Gasteiger partial charge in [0.1, 0.15) is 5.69 Å². The molecule has 1 aromatic rings. The lowest BCUT2D eigenvalue weighted by atomic mass is 9.85. The smallest absolute Gasteiger partial charge is 0.272 e. The molecular weight excluding hydrogens is 332 g/mol. The van der Waals surface area contributed by atoms with Crippen LogP contribution in [0.15, 0.2) is 24.4 Å². The molecule has 2 saturated heterocycles. The van der Waals surface area contributed by atoms with Gasteiger partial charge in [-0.3, -0.25) is 19.4 Å². The molecule has 0 aliphatic carbocycles. The lowest BCUT2D eigenvalue weighted by Crippen LogP contribution is -2.46. The summed E-state index contributed by atoms with van der Waals surface area (Å²) >= 11 is 0. The van der Waals surface area contributed by atoms with Gasteiger partial charge in [0.2, 0.25) is 11.8 Å². The Bertz CT molecular complexity index is 706. The number of amides is 3. The minimum Gasteiger partial charge on any atom is -0.345 e. The van der Waals surface area contributed by atoms with Crippen molar-refractivity contribution >= 4 is 17.7 Å². The summed E-state index contributed by atoms with van der Waals surface area (Å²) in [5.74, 6) is -0.127. The zero-order chi connectivity index (χ0) is 18.9. The van der Waals surface area contributed by atoms with Crippen molar-refractivity contribution in [2.24, 2.45) is 11.3 Å². The first-order valence-corrected chi connectivity index (χ1v) is 9.04. The summed E-state index contributed by atoms with van der Waals surface area (Å²) in [5.41, 5.74) is -0.0268. The van der Waals surface area contributed by atoms with Gasteiger partial charge >= 0.3 is 0 Å². The fraction of sp³-hybridized carbons (Fsp3) is 0.579. The Hall–Kier alpha value is -2.44. The molecule has 3 amide bonds. The quantitative estimate of drug-likeness (QED) is 0.786. The van der Waals surface area contributed by atoms with E-state index in [1.54, 1.807) is 41.2 Å². The molecule has 1 spiro atoms. The first-order chi connectivity index (χ1) is 12.3. The number of nitrogens with zero attached hydrogens (tertiary/aromatic N) is 4. The number of pyridine rings is 1. The largest absolute Gasteiger partial charge is 0.345 e. The molecule has 7 heteroatoms. The third-order valence-corrected chi connectivity index (χ3v) is 5.19. The van der Waals surface area contributed by atoms with Crippen LogP contribution in [0.2, 0.25) is 0 Å². The molecular formula is C19H26N4O3. The molecule has 2 aliphatic rings. The maximum atomic E-state index is 12.9. The summed E-state index contributed by atoms with van der Waals surface area (Å²) in [6.45, 7) is 6.21. The Morgan fingerprint density at radius 2 is 1.81 bits per heavy atom. The topological polar surface area (TPSA) is 73.8 Å². The van der Waals surface area contributed by atoms with Crippen molar-refractivity contribution < 1.29 is 14.4 Å². The minimum atomic E-state index is -0.419. The molecule has 0 bridgehead atoms. The highest BCUT2D eigenvalue weighted by molar-refractivity contribution is 5.92. The second kappa shape index (κ2) is 7.05. The molecule has 0 saturated carbocycles. The highest BCUT2D eigenvalue weighted by Gasteiger charge is 2.47. The van der Waals surface area contributed by atoms with E-state index in [1.165, 1.54) is 0 Å². The average Bonchev–Trinajstić information content (AvgIpc) is 2.79. The van der Waals surface area contributed by atoms with Gasteiger partial charge in [0.25, 0.3) is 5.91 Å². The molecule has 1 aromatic heterocycles. The first-order valence-electron chi connectivity index (χ1n) is 9.04. The van der Waals surface area contributed by atoms with E-state index in [0.29, 0.717) is 44.8 Å². The molecule has 7 nitrogen and oxygen atoms in total. The van der Waals surface area contributed by atoms with E-state index in [9.17, 15) is 14.4 Å². The van der Waals surface area contributed by atoms with E-state index in [4.69, 9.17) is 0 Å². The molecule has 0 radical (unpaired) electrons. The molecule has 0 unspecified atom stereocenters. The zero-order valence-corrected chi connectivity index (χ0v) is 15.6. The summed E-state index contributed by atoms with van der Waals surface area (Å²) in [6, 6.07) is 5.26. The van der Waals surface area contributed by atoms with Gasteiger partial charge in [0, 0.05) is 63.7 Å². The van der Waals surface area contributed by atoms with Crippen LogP contribution >= 0.6 is 0 Å². The molecule has 0 N–H and O–H groups in total. The van der Waals surface area contributed by atoms with Gasteiger partial charge in [-0.15, -0.1) is 0 Å². The predicted octanol–water partition coefficient (Wildman–Crippen LogP) is 0.871. The van der Waals surface area contributed by atoms with Crippen molar-refractivity contribution in [3.05, 3.63) is 30.1 Å². The molecule has 2 fully saturated rings. The van der Waals surface area contributed by atoms with Gasteiger partial charge in [-0.05, 0) is 12.1 Å². The molecule has 1 atom stereocenters. The fourth-order valence-corrected chi connectivity index (χ4v) is 3.95. The van der Waals surface area contributed by atoms with Gasteiger partial charge in [-0.1, -0.05) is 19.9 Å². The van der Waals surface area contributed by atoms with Crippen molar-refractivity contribution in [2.75, 3.05) is 39.8 Å². The van der Waals surface area contributed by atoms with Crippen LogP contribution in [0.3, 0.4) is 0 Å². The van der Waals surface area contributed by atoms with Crippen molar-refractivity contribution in [2.45, 2.75) is 20.3 Å². The van der Waals surface area contributed by atoms with Crippen LogP contribution in [-0.4, -0.2) is 77.2 Å². The van der Waals surface area contributed by atoms with Gasteiger partial charge in [-0.25, -0.2) is 0 Å². The number of hydrogen-bond donors (Lipinski definition) is 0. The van der Waals surface area contributed by atoms with Crippen LogP contribution in [0.4, 0.5) is 0 Å². The summed E-state index contributed by atoms with van der Waals surface area (Å²) in [6.07, 6.45) is 1.96. The van der Waals surface area contributed by atoms with Crippen LogP contribution in [0.25, 0.3) is 0 Å². The summed E-state index contributed by atoms with van der Waals surface area (Å²) in [7, 11) is 1.78. The maximum Gasteiger partial charge on any atom is 0.272 e. The lowest BCUT2D eigenvalue weighted by molar-refractivity contribution is -0.135. The van der Waals surface area contributed by atoms with E-state index in [1.807, 2.05) is 18.7 Å². The Labute approximate surface area is 154 Å². The third-order valence-electron chi connectivity index (χ3n) is 5.19. The third kappa shape index (κ3) is 3.57.